The Kier molecular flexibility index (Phi) is 3.81. The van der Waals surface area contributed by atoms with Crippen LogP contribution in [-0.2, 0) is 0 Å². The van der Waals surface area contributed by atoms with Gasteiger partial charge < -0.3 is 10.6 Å². The van der Waals surface area contributed by atoms with Crippen molar-refractivity contribution in [2.24, 2.45) is 0 Å². The molecule has 104 valence electrons. The summed E-state index contributed by atoms with van der Waals surface area (Å²) >= 11 is 0. The molecule has 1 aromatic heterocycles. The van der Waals surface area contributed by atoms with Gasteiger partial charge in [-0.05, 0) is 37.5 Å². The Morgan fingerprint density at radius 1 is 1.05 bits per heavy atom. The van der Waals surface area contributed by atoms with E-state index >= 15 is 0 Å². The second-order valence-electron chi connectivity index (χ2n) is 5.41. The SMILES string of the molecule is Cc1cccc(Nc2cc(NC3CCCC3)ncn2)c1. The zero-order valence-corrected chi connectivity index (χ0v) is 11.8. The van der Waals surface area contributed by atoms with Gasteiger partial charge in [0.2, 0.25) is 0 Å². The average Bonchev–Trinajstić information content (AvgIpc) is 2.92. The van der Waals surface area contributed by atoms with E-state index in [0.29, 0.717) is 6.04 Å². The lowest BCUT2D eigenvalue weighted by atomic mass is 10.2. The van der Waals surface area contributed by atoms with Crippen LogP contribution in [-0.4, -0.2) is 16.0 Å². The number of aromatic nitrogens is 2. The molecule has 0 atom stereocenters. The highest BCUT2D eigenvalue weighted by molar-refractivity contribution is 5.59. The first kappa shape index (κ1) is 12.9. The first-order chi connectivity index (χ1) is 9.79. The fourth-order valence-electron chi connectivity index (χ4n) is 2.65. The summed E-state index contributed by atoms with van der Waals surface area (Å²) < 4.78 is 0. The molecule has 0 radical (unpaired) electrons. The maximum absolute atomic E-state index is 4.30. The summed E-state index contributed by atoms with van der Waals surface area (Å²) in [5.41, 5.74) is 2.28. The van der Waals surface area contributed by atoms with E-state index in [4.69, 9.17) is 0 Å². The predicted molar refractivity (Wildman–Crippen MR) is 82.4 cm³/mol. The summed E-state index contributed by atoms with van der Waals surface area (Å²) in [6, 6.07) is 10.8. The summed E-state index contributed by atoms with van der Waals surface area (Å²) in [4.78, 5) is 8.58. The van der Waals surface area contributed by atoms with Gasteiger partial charge in [-0.15, -0.1) is 0 Å². The zero-order chi connectivity index (χ0) is 13.8. The van der Waals surface area contributed by atoms with Crippen LogP contribution in [0.3, 0.4) is 0 Å². The summed E-state index contributed by atoms with van der Waals surface area (Å²) in [5.74, 6) is 1.73. The minimum Gasteiger partial charge on any atom is -0.367 e. The molecular formula is C16H20N4. The van der Waals surface area contributed by atoms with Crippen LogP contribution < -0.4 is 10.6 Å². The molecule has 3 rings (SSSR count). The monoisotopic (exact) mass is 268 g/mol. The first-order valence-corrected chi connectivity index (χ1v) is 7.22. The molecule has 1 heterocycles. The summed E-state index contributed by atoms with van der Waals surface area (Å²) in [5, 5.41) is 6.81. The molecule has 4 nitrogen and oxygen atoms in total. The maximum atomic E-state index is 4.30. The van der Waals surface area contributed by atoms with Gasteiger partial charge in [0, 0.05) is 17.8 Å². The molecule has 1 fully saturated rings. The topological polar surface area (TPSA) is 49.8 Å². The molecule has 0 amide bonds. The number of rotatable bonds is 4. The van der Waals surface area contributed by atoms with E-state index in [9.17, 15) is 0 Å². The van der Waals surface area contributed by atoms with Crippen molar-refractivity contribution >= 4 is 17.3 Å². The third kappa shape index (κ3) is 3.26. The van der Waals surface area contributed by atoms with E-state index in [2.05, 4.69) is 39.7 Å². The number of hydrogen-bond acceptors (Lipinski definition) is 4. The van der Waals surface area contributed by atoms with Crippen molar-refractivity contribution < 1.29 is 0 Å². The number of hydrogen-bond donors (Lipinski definition) is 2. The smallest absolute Gasteiger partial charge is 0.135 e. The van der Waals surface area contributed by atoms with Crippen molar-refractivity contribution in [2.75, 3.05) is 10.6 Å². The summed E-state index contributed by atoms with van der Waals surface area (Å²) in [6.45, 7) is 2.08. The van der Waals surface area contributed by atoms with Gasteiger partial charge in [0.1, 0.15) is 18.0 Å². The van der Waals surface area contributed by atoms with E-state index < -0.39 is 0 Å². The molecule has 2 N–H and O–H groups in total. The Hall–Kier alpha value is -2.10. The van der Waals surface area contributed by atoms with Crippen LogP contribution in [0.1, 0.15) is 31.2 Å². The third-order valence-electron chi connectivity index (χ3n) is 3.66. The van der Waals surface area contributed by atoms with Gasteiger partial charge in [0.05, 0.1) is 0 Å². The number of anilines is 3. The van der Waals surface area contributed by atoms with E-state index in [1.165, 1.54) is 31.2 Å². The summed E-state index contributed by atoms with van der Waals surface area (Å²) in [6.07, 6.45) is 6.72. The van der Waals surface area contributed by atoms with Gasteiger partial charge >= 0.3 is 0 Å². The molecule has 1 aliphatic carbocycles. The number of benzene rings is 1. The van der Waals surface area contributed by atoms with E-state index in [1.54, 1.807) is 6.33 Å². The molecule has 1 saturated carbocycles. The van der Waals surface area contributed by atoms with Gasteiger partial charge in [0.15, 0.2) is 0 Å². The quantitative estimate of drug-likeness (QED) is 0.883. The molecule has 0 spiro atoms. The van der Waals surface area contributed by atoms with Crippen molar-refractivity contribution in [1.82, 2.24) is 9.97 Å². The number of nitrogens with one attached hydrogen (secondary N) is 2. The van der Waals surface area contributed by atoms with Crippen molar-refractivity contribution in [3.8, 4) is 0 Å². The second-order valence-corrected chi connectivity index (χ2v) is 5.41. The minimum absolute atomic E-state index is 0.566. The number of nitrogens with zero attached hydrogens (tertiary/aromatic N) is 2. The van der Waals surface area contributed by atoms with E-state index in [0.717, 1.165) is 17.3 Å². The van der Waals surface area contributed by atoms with Crippen molar-refractivity contribution in [3.63, 3.8) is 0 Å². The molecule has 1 aromatic carbocycles. The highest BCUT2D eigenvalue weighted by Crippen LogP contribution is 2.23. The molecule has 0 saturated heterocycles. The van der Waals surface area contributed by atoms with Gasteiger partial charge in [0.25, 0.3) is 0 Å². The Balaban J connectivity index is 1.70. The minimum atomic E-state index is 0.566. The van der Waals surface area contributed by atoms with Gasteiger partial charge in [-0.3, -0.25) is 0 Å². The highest BCUT2D eigenvalue weighted by Gasteiger charge is 2.15. The molecule has 20 heavy (non-hydrogen) atoms. The number of aryl methyl sites for hydroxylation is 1. The third-order valence-corrected chi connectivity index (χ3v) is 3.66. The molecule has 4 heteroatoms. The van der Waals surface area contributed by atoms with E-state index in [-0.39, 0.29) is 0 Å². The van der Waals surface area contributed by atoms with Crippen LogP contribution in [0, 0.1) is 6.92 Å². The first-order valence-electron chi connectivity index (χ1n) is 7.22. The lowest BCUT2D eigenvalue weighted by Crippen LogP contribution is -2.15. The van der Waals surface area contributed by atoms with Crippen LogP contribution in [0.25, 0.3) is 0 Å². The average molecular weight is 268 g/mol. The highest BCUT2D eigenvalue weighted by atomic mass is 15.1. The fraction of sp³-hybridized carbons (Fsp3) is 0.375. The molecule has 0 aliphatic heterocycles. The van der Waals surface area contributed by atoms with Gasteiger partial charge in [-0.1, -0.05) is 25.0 Å². The molecule has 1 aliphatic rings. The normalized spacial score (nSPS) is 15.2. The Bertz CT molecular complexity index is 576. The van der Waals surface area contributed by atoms with Crippen LogP contribution in [0.4, 0.5) is 17.3 Å². The fourth-order valence-corrected chi connectivity index (χ4v) is 2.65. The largest absolute Gasteiger partial charge is 0.367 e. The zero-order valence-electron chi connectivity index (χ0n) is 11.8. The van der Waals surface area contributed by atoms with Crippen molar-refractivity contribution in [2.45, 2.75) is 38.6 Å². The standard InChI is InChI=1S/C16H20N4/c1-12-5-4-8-14(9-12)20-16-10-15(17-11-18-16)19-13-6-2-3-7-13/h4-5,8-11,13H,2-3,6-7H2,1H3,(H2,17,18,19,20). The van der Waals surface area contributed by atoms with Crippen LogP contribution >= 0.6 is 0 Å². The van der Waals surface area contributed by atoms with Crippen LogP contribution in [0.2, 0.25) is 0 Å². The Morgan fingerprint density at radius 3 is 2.65 bits per heavy atom. The Labute approximate surface area is 119 Å². The lowest BCUT2D eigenvalue weighted by Gasteiger charge is -2.13. The second kappa shape index (κ2) is 5.90. The van der Waals surface area contributed by atoms with Crippen molar-refractivity contribution in [3.05, 3.63) is 42.2 Å². The lowest BCUT2D eigenvalue weighted by molar-refractivity contribution is 0.750. The summed E-state index contributed by atoms with van der Waals surface area (Å²) in [7, 11) is 0. The maximum Gasteiger partial charge on any atom is 0.135 e. The van der Waals surface area contributed by atoms with Crippen LogP contribution in [0.15, 0.2) is 36.7 Å². The van der Waals surface area contributed by atoms with Crippen LogP contribution in [0.5, 0.6) is 0 Å². The molecule has 0 unspecified atom stereocenters. The molecule has 2 aromatic rings. The van der Waals surface area contributed by atoms with Gasteiger partial charge in [-0.25, -0.2) is 9.97 Å². The van der Waals surface area contributed by atoms with Gasteiger partial charge in [-0.2, -0.15) is 0 Å². The Morgan fingerprint density at radius 2 is 1.85 bits per heavy atom. The molecular weight excluding hydrogens is 248 g/mol. The van der Waals surface area contributed by atoms with E-state index in [1.807, 2.05) is 18.2 Å². The predicted octanol–water partition coefficient (Wildman–Crippen LogP) is 3.88. The van der Waals surface area contributed by atoms with Crippen molar-refractivity contribution in [1.29, 1.82) is 0 Å². The molecule has 0 bridgehead atoms.